The molecule has 0 rings (SSSR count). The van der Waals surface area contributed by atoms with E-state index in [1.54, 1.807) is 0 Å². The smallest absolute Gasteiger partial charge is 0.320 e. The van der Waals surface area contributed by atoms with Crippen LogP contribution in [0.5, 0.6) is 0 Å². The molecule has 0 aliphatic carbocycles. The monoisotopic (exact) mass is 144 g/mol. The lowest BCUT2D eigenvalue weighted by molar-refractivity contribution is -0.138. The summed E-state index contributed by atoms with van der Waals surface area (Å²) in [5.41, 5.74) is 5.09. The number of carboxylic acid groups (broad SMARTS) is 1. The van der Waals surface area contributed by atoms with Crippen LogP contribution in [0.15, 0.2) is 0 Å². The average molecular weight is 144 g/mol. The Morgan fingerprint density at radius 1 is 1.60 bits per heavy atom. The first kappa shape index (κ1) is 9.10. The molecule has 0 aromatic rings. The zero-order chi connectivity index (χ0) is 8.15. The van der Waals surface area contributed by atoms with Crippen molar-refractivity contribution >= 4 is 11.8 Å². The van der Waals surface area contributed by atoms with E-state index in [0.29, 0.717) is 0 Å². The minimum atomic E-state index is -1.08. The highest BCUT2D eigenvalue weighted by molar-refractivity contribution is 5.83. The summed E-state index contributed by atoms with van der Waals surface area (Å²) in [5.74, 6) is -1.36. The third-order valence-electron chi connectivity index (χ3n) is 1.05. The van der Waals surface area contributed by atoms with Crippen molar-refractivity contribution in [3.05, 3.63) is 6.92 Å². The molecule has 0 aliphatic heterocycles. The Hall–Kier alpha value is -0.900. The van der Waals surface area contributed by atoms with E-state index >= 15 is 0 Å². The number of nitrogens with two attached hydrogens (primary N) is 1. The van der Waals surface area contributed by atoms with Crippen LogP contribution in [0.1, 0.15) is 12.8 Å². The highest BCUT2D eigenvalue weighted by atomic mass is 16.4. The Morgan fingerprint density at radius 3 is 2.40 bits per heavy atom. The van der Waals surface area contributed by atoms with Gasteiger partial charge in [0.15, 0.2) is 0 Å². The second-order valence-electron chi connectivity index (χ2n) is 2.02. The number of carbonyl (C=O) groups excluding carboxylic acids is 1. The summed E-state index contributed by atoms with van der Waals surface area (Å²) in [4.78, 5) is 20.3. The molecule has 0 aliphatic rings. The molecule has 10 heavy (non-hydrogen) atoms. The molecule has 0 spiro atoms. The van der Waals surface area contributed by atoms with Gasteiger partial charge < -0.3 is 10.8 Å². The lowest BCUT2D eigenvalue weighted by atomic mass is 10.1. The topological polar surface area (TPSA) is 80.4 Å². The SMILES string of the molecule is [CH2]C(=O)CC[C@H](N)C(=O)O. The molecule has 1 atom stereocenters. The van der Waals surface area contributed by atoms with Gasteiger partial charge in [-0.05, 0) is 6.42 Å². The predicted octanol–water partition coefficient (Wildman–Crippen LogP) is -0.418. The molecule has 0 amide bonds. The van der Waals surface area contributed by atoms with Gasteiger partial charge in [-0.15, -0.1) is 0 Å². The number of hydrogen-bond acceptors (Lipinski definition) is 3. The van der Waals surface area contributed by atoms with Crippen molar-refractivity contribution in [3.63, 3.8) is 0 Å². The quantitative estimate of drug-likeness (QED) is 0.561. The van der Waals surface area contributed by atoms with E-state index < -0.39 is 12.0 Å². The van der Waals surface area contributed by atoms with E-state index in [1.165, 1.54) is 0 Å². The highest BCUT2D eigenvalue weighted by Crippen LogP contribution is 1.94. The maximum atomic E-state index is 10.2. The summed E-state index contributed by atoms with van der Waals surface area (Å²) in [6.45, 7) is 3.08. The Morgan fingerprint density at radius 2 is 2.10 bits per heavy atom. The first-order chi connectivity index (χ1) is 4.54. The van der Waals surface area contributed by atoms with Gasteiger partial charge in [0.05, 0.1) is 0 Å². The van der Waals surface area contributed by atoms with E-state index in [0.717, 1.165) is 0 Å². The van der Waals surface area contributed by atoms with Crippen LogP contribution >= 0.6 is 0 Å². The van der Waals surface area contributed by atoms with E-state index in [1.807, 2.05) is 0 Å². The zero-order valence-corrected chi connectivity index (χ0v) is 5.54. The van der Waals surface area contributed by atoms with Crippen LogP contribution in [-0.4, -0.2) is 22.9 Å². The molecule has 1 radical (unpaired) electrons. The molecule has 57 valence electrons. The van der Waals surface area contributed by atoms with Crippen molar-refractivity contribution in [2.45, 2.75) is 18.9 Å². The van der Waals surface area contributed by atoms with Gasteiger partial charge in [-0.2, -0.15) is 0 Å². The minimum absolute atomic E-state index is 0.132. The molecule has 0 aromatic carbocycles. The molecular formula is C6H10NO3. The number of Topliss-reactive ketones (excluding diaryl/α,β-unsaturated/α-hetero) is 1. The fourth-order valence-electron chi connectivity index (χ4n) is 0.440. The van der Waals surface area contributed by atoms with Gasteiger partial charge >= 0.3 is 5.97 Å². The molecule has 0 heterocycles. The Kier molecular flexibility index (Phi) is 3.64. The van der Waals surface area contributed by atoms with E-state index in [2.05, 4.69) is 6.92 Å². The normalized spacial score (nSPS) is 12.6. The first-order valence-corrected chi connectivity index (χ1v) is 2.87. The van der Waals surface area contributed by atoms with Crippen LogP contribution < -0.4 is 5.73 Å². The molecule has 0 aromatic heterocycles. The largest absolute Gasteiger partial charge is 0.480 e. The second kappa shape index (κ2) is 4.00. The van der Waals surface area contributed by atoms with E-state index in [4.69, 9.17) is 10.8 Å². The van der Waals surface area contributed by atoms with Gasteiger partial charge in [-0.25, -0.2) is 0 Å². The lowest BCUT2D eigenvalue weighted by Gasteiger charge is -2.02. The molecule has 0 unspecified atom stereocenters. The fraction of sp³-hybridized carbons (Fsp3) is 0.500. The number of ketones is 1. The number of aliphatic carboxylic acids is 1. The van der Waals surface area contributed by atoms with Crippen molar-refractivity contribution in [3.8, 4) is 0 Å². The van der Waals surface area contributed by atoms with E-state index in [9.17, 15) is 9.59 Å². The summed E-state index contributed by atoms with van der Waals surface area (Å²) in [5, 5.41) is 8.24. The highest BCUT2D eigenvalue weighted by Gasteiger charge is 2.11. The summed E-state index contributed by atoms with van der Waals surface area (Å²) in [7, 11) is 0. The number of rotatable bonds is 4. The van der Waals surface area contributed by atoms with Crippen molar-refractivity contribution in [2.24, 2.45) is 5.73 Å². The van der Waals surface area contributed by atoms with Crippen LogP contribution in [0.3, 0.4) is 0 Å². The van der Waals surface area contributed by atoms with Crippen molar-refractivity contribution in [1.29, 1.82) is 0 Å². The number of carboxylic acids is 1. The Bertz CT molecular complexity index is 144. The third kappa shape index (κ3) is 4.03. The number of carbonyl (C=O) groups is 2. The Balaban J connectivity index is 3.49. The number of hydrogen-bond donors (Lipinski definition) is 2. The van der Waals surface area contributed by atoms with Crippen molar-refractivity contribution < 1.29 is 14.7 Å². The summed E-state index contributed by atoms with van der Waals surface area (Å²) in [6.07, 6.45) is 0.297. The van der Waals surface area contributed by atoms with Gasteiger partial charge in [-0.3, -0.25) is 9.59 Å². The molecule has 0 saturated carbocycles. The van der Waals surface area contributed by atoms with E-state index in [-0.39, 0.29) is 18.6 Å². The second-order valence-corrected chi connectivity index (χ2v) is 2.02. The summed E-state index contributed by atoms with van der Waals surface area (Å²) < 4.78 is 0. The molecule has 0 fully saturated rings. The molecule has 4 heteroatoms. The average Bonchev–Trinajstić information content (AvgIpc) is 1.82. The van der Waals surface area contributed by atoms with Crippen molar-refractivity contribution in [1.82, 2.24) is 0 Å². The first-order valence-electron chi connectivity index (χ1n) is 2.87. The molecule has 0 bridgehead atoms. The van der Waals surface area contributed by atoms with Gasteiger partial charge in [0.25, 0.3) is 0 Å². The van der Waals surface area contributed by atoms with Crippen LogP contribution in [0.25, 0.3) is 0 Å². The molecule has 3 N–H and O–H groups in total. The van der Waals surface area contributed by atoms with Crippen LogP contribution in [0.2, 0.25) is 0 Å². The van der Waals surface area contributed by atoms with Gasteiger partial charge in [0, 0.05) is 13.3 Å². The van der Waals surface area contributed by atoms with Crippen LogP contribution in [-0.2, 0) is 9.59 Å². The molecule has 4 nitrogen and oxygen atoms in total. The fourth-order valence-corrected chi connectivity index (χ4v) is 0.440. The van der Waals surface area contributed by atoms with Gasteiger partial charge in [-0.1, -0.05) is 0 Å². The van der Waals surface area contributed by atoms with Crippen LogP contribution in [0.4, 0.5) is 0 Å². The maximum absolute atomic E-state index is 10.2. The predicted molar refractivity (Wildman–Crippen MR) is 35.2 cm³/mol. The van der Waals surface area contributed by atoms with Gasteiger partial charge in [0.1, 0.15) is 11.8 Å². The van der Waals surface area contributed by atoms with Crippen molar-refractivity contribution in [2.75, 3.05) is 0 Å². The van der Waals surface area contributed by atoms with Gasteiger partial charge in [0.2, 0.25) is 0 Å². The summed E-state index contributed by atoms with van der Waals surface area (Å²) >= 11 is 0. The van der Waals surface area contributed by atoms with Crippen LogP contribution in [0, 0.1) is 6.92 Å². The molecule has 0 saturated heterocycles. The lowest BCUT2D eigenvalue weighted by Crippen LogP contribution is -2.30. The Labute approximate surface area is 59.0 Å². The maximum Gasteiger partial charge on any atom is 0.320 e. The third-order valence-corrected chi connectivity index (χ3v) is 1.05. The summed E-state index contributed by atoms with van der Waals surface area (Å²) in [6, 6.07) is -0.939. The minimum Gasteiger partial charge on any atom is -0.480 e. The standard InChI is InChI=1S/C6H10NO3/c1-4(8)2-3-5(7)6(9)10/h5H,1-3,7H2,(H,9,10)/t5-/m0/s1. The molecular weight excluding hydrogens is 134 g/mol. The zero-order valence-electron chi connectivity index (χ0n) is 5.54.